The van der Waals surface area contributed by atoms with Gasteiger partial charge in [0.15, 0.2) is 0 Å². The maximum absolute atomic E-state index is 12.7. The number of nitrogens with one attached hydrogen (secondary N) is 1. The highest BCUT2D eigenvalue weighted by molar-refractivity contribution is 5.96. The third-order valence-corrected chi connectivity index (χ3v) is 6.43. The van der Waals surface area contributed by atoms with Crippen molar-refractivity contribution >= 4 is 5.91 Å². The Labute approximate surface area is 133 Å². The molecule has 3 heteroatoms. The van der Waals surface area contributed by atoms with Crippen LogP contribution in [-0.2, 0) is 0 Å². The third kappa shape index (κ3) is 2.29. The minimum atomic E-state index is 0.135. The zero-order valence-electron chi connectivity index (χ0n) is 14.1. The zero-order chi connectivity index (χ0) is 15.4. The van der Waals surface area contributed by atoms with E-state index >= 15 is 0 Å². The Bertz CT molecular complexity index is 599. The standard InChI is InChI=1S/C19H28N2O/c1-11-8-18(13(3)21(11)16-6-7-16)19(22)20-12(2)17-10-14-4-5-15(17)9-14/h8,12,14-17H,4-7,9-10H2,1-3H3,(H,20,22)/t12-,14+,15+,17+/m1/s1. The Morgan fingerprint density at radius 1 is 1.23 bits per heavy atom. The van der Waals surface area contributed by atoms with Crippen LogP contribution in [0.1, 0.15) is 73.2 Å². The first-order valence-corrected chi connectivity index (χ1v) is 9.04. The molecule has 3 saturated carbocycles. The smallest absolute Gasteiger partial charge is 0.253 e. The lowest BCUT2D eigenvalue weighted by Crippen LogP contribution is -2.40. The van der Waals surface area contributed by atoms with Crippen molar-refractivity contribution in [2.24, 2.45) is 17.8 Å². The normalized spacial score (nSPS) is 31.5. The van der Waals surface area contributed by atoms with E-state index in [4.69, 9.17) is 0 Å². The number of nitrogens with zero attached hydrogens (tertiary/aromatic N) is 1. The molecular formula is C19H28N2O. The van der Waals surface area contributed by atoms with E-state index in [-0.39, 0.29) is 5.91 Å². The first-order valence-electron chi connectivity index (χ1n) is 9.04. The van der Waals surface area contributed by atoms with Gasteiger partial charge in [0.1, 0.15) is 0 Å². The number of aromatic nitrogens is 1. The summed E-state index contributed by atoms with van der Waals surface area (Å²) in [5.74, 6) is 2.64. The van der Waals surface area contributed by atoms with E-state index in [0.29, 0.717) is 18.0 Å². The van der Waals surface area contributed by atoms with Crippen molar-refractivity contribution in [2.75, 3.05) is 0 Å². The Balaban J connectivity index is 1.47. The molecule has 0 spiro atoms. The molecule has 1 amide bonds. The summed E-state index contributed by atoms with van der Waals surface area (Å²) in [6.45, 7) is 6.44. The van der Waals surface area contributed by atoms with E-state index < -0.39 is 0 Å². The SMILES string of the molecule is Cc1cc(C(=O)N[C@H](C)[C@@H]2C[C@H]3CC[C@H]2C3)c(C)n1C1CC1. The van der Waals surface area contributed by atoms with E-state index in [1.165, 1.54) is 44.2 Å². The van der Waals surface area contributed by atoms with Gasteiger partial charge in [0.25, 0.3) is 5.91 Å². The number of aryl methyl sites for hydroxylation is 1. The molecule has 3 fully saturated rings. The van der Waals surface area contributed by atoms with Crippen LogP contribution in [0.25, 0.3) is 0 Å². The van der Waals surface area contributed by atoms with Gasteiger partial charge in [0.2, 0.25) is 0 Å². The second-order valence-electron chi connectivity index (χ2n) is 7.99. The molecule has 2 bridgehead atoms. The fourth-order valence-corrected chi connectivity index (χ4v) is 5.20. The molecule has 0 aliphatic heterocycles. The summed E-state index contributed by atoms with van der Waals surface area (Å²) < 4.78 is 2.36. The fraction of sp³-hybridized carbons (Fsp3) is 0.737. The summed E-state index contributed by atoms with van der Waals surface area (Å²) in [5.41, 5.74) is 3.27. The molecule has 0 aromatic carbocycles. The number of amides is 1. The van der Waals surface area contributed by atoms with Gasteiger partial charge < -0.3 is 9.88 Å². The molecule has 1 aromatic rings. The maximum atomic E-state index is 12.7. The number of carbonyl (C=O) groups is 1. The fourth-order valence-electron chi connectivity index (χ4n) is 5.20. The largest absolute Gasteiger partial charge is 0.349 e. The number of hydrogen-bond acceptors (Lipinski definition) is 1. The molecular weight excluding hydrogens is 272 g/mol. The van der Waals surface area contributed by atoms with Crippen LogP contribution in [-0.4, -0.2) is 16.5 Å². The van der Waals surface area contributed by atoms with Gasteiger partial charge in [-0.25, -0.2) is 0 Å². The molecule has 1 heterocycles. The van der Waals surface area contributed by atoms with Crippen LogP contribution >= 0.6 is 0 Å². The van der Waals surface area contributed by atoms with Crippen LogP contribution < -0.4 is 5.32 Å². The van der Waals surface area contributed by atoms with Gasteiger partial charge in [0.05, 0.1) is 5.56 Å². The van der Waals surface area contributed by atoms with Crippen LogP contribution in [0.2, 0.25) is 0 Å². The average molecular weight is 300 g/mol. The van der Waals surface area contributed by atoms with Crippen LogP contribution in [0.3, 0.4) is 0 Å². The van der Waals surface area contributed by atoms with Crippen molar-refractivity contribution in [3.8, 4) is 0 Å². The second-order valence-corrected chi connectivity index (χ2v) is 7.99. The van der Waals surface area contributed by atoms with Crippen LogP contribution in [0.15, 0.2) is 6.07 Å². The lowest BCUT2D eigenvalue weighted by atomic mass is 9.84. The molecule has 0 saturated heterocycles. The zero-order valence-corrected chi connectivity index (χ0v) is 14.1. The highest BCUT2D eigenvalue weighted by Crippen LogP contribution is 2.49. The van der Waals surface area contributed by atoms with Crippen molar-refractivity contribution in [2.45, 2.75) is 71.4 Å². The predicted octanol–water partition coefficient (Wildman–Crippen LogP) is 3.99. The number of rotatable bonds is 4. The van der Waals surface area contributed by atoms with Crippen molar-refractivity contribution in [1.82, 2.24) is 9.88 Å². The summed E-state index contributed by atoms with van der Waals surface area (Å²) in [6, 6.07) is 3.03. The van der Waals surface area contributed by atoms with Gasteiger partial charge in [0, 0.05) is 23.5 Å². The molecule has 0 unspecified atom stereocenters. The van der Waals surface area contributed by atoms with Gasteiger partial charge in [-0.15, -0.1) is 0 Å². The number of hydrogen-bond donors (Lipinski definition) is 1. The quantitative estimate of drug-likeness (QED) is 0.896. The number of carbonyl (C=O) groups excluding carboxylic acids is 1. The van der Waals surface area contributed by atoms with Crippen molar-refractivity contribution < 1.29 is 4.79 Å². The van der Waals surface area contributed by atoms with Gasteiger partial charge in [-0.1, -0.05) is 6.42 Å². The van der Waals surface area contributed by atoms with Crippen molar-refractivity contribution in [3.63, 3.8) is 0 Å². The maximum Gasteiger partial charge on any atom is 0.253 e. The molecule has 4 rings (SSSR count). The van der Waals surface area contributed by atoms with E-state index in [0.717, 1.165) is 23.1 Å². The first-order chi connectivity index (χ1) is 10.5. The van der Waals surface area contributed by atoms with Crippen LogP contribution in [0.4, 0.5) is 0 Å². The molecule has 3 nitrogen and oxygen atoms in total. The van der Waals surface area contributed by atoms with Crippen molar-refractivity contribution in [1.29, 1.82) is 0 Å². The first kappa shape index (κ1) is 14.3. The van der Waals surface area contributed by atoms with Gasteiger partial charge in [-0.05, 0) is 76.7 Å². The van der Waals surface area contributed by atoms with Crippen molar-refractivity contribution in [3.05, 3.63) is 23.0 Å². The summed E-state index contributed by atoms with van der Waals surface area (Å²) >= 11 is 0. The third-order valence-electron chi connectivity index (χ3n) is 6.43. The summed E-state index contributed by atoms with van der Waals surface area (Å²) in [4.78, 5) is 12.7. The molecule has 3 aliphatic carbocycles. The van der Waals surface area contributed by atoms with Crippen LogP contribution in [0, 0.1) is 31.6 Å². The predicted molar refractivity (Wildman–Crippen MR) is 88.0 cm³/mol. The highest BCUT2D eigenvalue weighted by Gasteiger charge is 2.42. The van der Waals surface area contributed by atoms with E-state index in [1.807, 2.05) is 0 Å². The highest BCUT2D eigenvalue weighted by atomic mass is 16.1. The molecule has 120 valence electrons. The monoisotopic (exact) mass is 300 g/mol. The minimum absolute atomic E-state index is 0.135. The van der Waals surface area contributed by atoms with E-state index in [9.17, 15) is 4.79 Å². The Morgan fingerprint density at radius 2 is 2.00 bits per heavy atom. The number of fused-ring (bicyclic) bond motifs is 2. The molecule has 22 heavy (non-hydrogen) atoms. The average Bonchev–Trinajstić information content (AvgIpc) is 2.95. The Kier molecular flexibility index (Phi) is 3.35. The second kappa shape index (κ2) is 5.14. The minimum Gasteiger partial charge on any atom is -0.349 e. The van der Waals surface area contributed by atoms with Crippen LogP contribution in [0.5, 0.6) is 0 Å². The molecule has 3 aliphatic rings. The topological polar surface area (TPSA) is 34.0 Å². The lowest BCUT2D eigenvalue weighted by molar-refractivity contribution is 0.0914. The summed E-state index contributed by atoms with van der Waals surface area (Å²) in [6.07, 6.45) is 8.06. The van der Waals surface area contributed by atoms with E-state index in [1.54, 1.807) is 0 Å². The van der Waals surface area contributed by atoms with Gasteiger partial charge in [-0.2, -0.15) is 0 Å². The Hall–Kier alpha value is -1.25. The molecule has 4 atom stereocenters. The molecule has 0 radical (unpaired) electrons. The van der Waals surface area contributed by atoms with Gasteiger partial charge >= 0.3 is 0 Å². The Morgan fingerprint density at radius 3 is 2.59 bits per heavy atom. The van der Waals surface area contributed by atoms with Gasteiger partial charge in [-0.3, -0.25) is 4.79 Å². The van der Waals surface area contributed by atoms with E-state index in [2.05, 4.69) is 36.7 Å². The lowest BCUT2D eigenvalue weighted by Gasteiger charge is -2.28. The molecule has 1 N–H and O–H groups in total. The summed E-state index contributed by atoms with van der Waals surface area (Å²) in [5, 5.41) is 3.31. The molecule has 1 aromatic heterocycles. The summed E-state index contributed by atoms with van der Waals surface area (Å²) in [7, 11) is 0.